The number of aromatic nitrogens is 3. The maximum atomic E-state index is 5.25. The summed E-state index contributed by atoms with van der Waals surface area (Å²) in [5.74, 6) is 1.69. The standard InChI is InChI=1S/C20H19N3OS2/c1-14-3-6-16(21-9-14)11-26-20-22-18-12-25-13-19(18)23(20)10-15-4-7-17(24-2)8-5-15/h3-9,12-13H,10-11H2,1-2H3. The summed E-state index contributed by atoms with van der Waals surface area (Å²) in [4.78, 5) is 9.32. The van der Waals surface area contributed by atoms with Crippen molar-refractivity contribution in [1.82, 2.24) is 14.5 Å². The fourth-order valence-electron chi connectivity index (χ4n) is 2.73. The van der Waals surface area contributed by atoms with Gasteiger partial charge in [-0.05, 0) is 36.2 Å². The first-order chi connectivity index (χ1) is 12.7. The number of aryl methyl sites for hydroxylation is 1. The molecule has 0 saturated carbocycles. The molecular formula is C20H19N3OS2. The van der Waals surface area contributed by atoms with E-state index in [1.807, 2.05) is 18.3 Å². The van der Waals surface area contributed by atoms with E-state index in [9.17, 15) is 0 Å². The van der Waals surface area contributed by atoms with E-state index in [2.05, 4.69) is 51.5 Å². The molecule has 0 spiro atoms. The molecule has 0 unspecified atom stereocenters. The summed E-state index contributed by atoms with van der Waals surface area (Å²) < 4.78 is 7.54. The molecule has 3 aromatic heterocycles. The van der Waals surface area contributed by atoms with Crippen molar-refractivity contribution in [2.24, 2.45) is 0 Å². The van der Waals surface area contributed by atoms with Gasteiger partial charge in [-0.2, -0.15) is 0 Å². The van der Waals surface area contributed by atoms with Crippen LogP contribution in [-0.2, 0) is 12.3 Å². The van der Waals surface area contributed by atoms with Gasteiger partial charge >= 0.3 is 0 Å². The van der Waals surface area contributed by atoms with Gasteiger partial charge in [0.25, 0.3) is 0 Å². The summed E-state index contributed by atoms with van der Waals surface area (Å²) in [6.07, 6.45) is 1.91. The lowest BCUT2D eigenvalue weighted by molar-refractivity contribution is 0.414. The Morgan fingerprint density at radius 3 is 2.69 bits per heavy atom. The Balaban J connectivity index is 1.58. The van der Waals surface area contributed by atoms with Crippen LogP contribution in [0.5, 0.6) is 5.75 Å². The van der Waals surface area contributed by atoms with Gasteiger partial charge in [0, 0.05) is 22.7 Å². The number of thioether (sulfide) groups is 1. The fourth-order valence-corrected chi connectivity index (χ4v) is 4.41. The number of ether oxygens (including phenoxy) is 1. The lowest BCUT2D eigenvalue weighted by atomic mass is 10.2. The number of methoxy groups -OCH3 is 1. The molecule has 0 N–H and O–H groups in total. The second-order valence-electron chi connectivity index (χ2n) is 6.09. The summed E-state index contributed by atoms with van der Waals surface area (Å²) in [7, 11) is 1.69. The van der Waals surface area contributed by atoms with Crippen LogP contribution in [0.4, 0.5) is 0 Å². The van der Waals surface area contributed by atoms with E-state index in [1.165, 1.54) is 16.6 Å². The Kier molecular flexibility index (Phi) is 4.95. The van der Waals surface area contributed by atoms with Crippen LogP contribution in [0.1, 0.15) is 16.8 Å². The number of imidazole rings is 1. The third-order valence-corrected chi connectivity index (χ3v) is 5.91. The highest BCUT2D eigenvalue weighted by atomic mass is 32.2. The first-order valence-corrected chi connectivity index (χ1v) is 10.3. The highest BCUT2D eigenvalue weighted by Crippen LogP contribution is 2.29. The molecule has 0 aliphatic heterocycles. The molecule has 0 aliphatic rings. The molecule has 0 radical (unpaired) electrons. The molecule has 4 nitrogen and oxygen atoms in total. The van der Waals surface area contributed by atoms with Crippen LogP contribution in [0, 0.1) is 6.92 Å². The summed E-state index contributed by atoms with van der Waals surface area (Å²) >= 11 is 3.42. The molecule has 0 fully saturated rings. The lowest BCUT2D eigenvalue weighted by Crippen LogP contribution is -2.01. The predicted molar refractivity (Wildman–Crippen MR) is 108 cm³/mol. The van der Waals surface area contributed by atoms with Crippen molar-refractivity contribution in [3.8, 4) is 5.75 Å². The lowest BCUT2D eigenvalue weighted by Gasteiger charge is -2.09. The molecule has 4 aromatic rings. The van der Waals surface area contributed by atoms with E-state index in [0.717, 1.165) is 34.4 Å². The zero-order valence-corrected chi connectivity index (χ0v) is 16.3. The van der Waals surface area contributed by atoms with Crippen LogP contribution in [0.15, 0.2) is 58.5 Å². The number of hydrogen-bond donors (Lipinski definition) is 0. The first-order valence-electron chi connectivity index (χ1n) is 8.32. The second-order valence-corrected chi connectivity index (χ2v) is 7.77. The molecule has 0 bridgehead atoms. The topological polar surface area (TPSA) is 39.9 Å². The normalized spacial score (nSPS) is 11.2. The van der Waals surface area contributed by atoms with Crippen molar-refractivity contribution in [2.75, 3.05) is 7.11 Å². The number of benzene rings is 1. The van der Waals surface area contributed by atoms with E-state index in [0.29, 0.717) is 0 Å². The summed E-state index contributed by atoms with van der Waals surface area (Å²) in [6.45, 7) is 2.85. The summed E-state index contributed by atoms with van der Waals surface area (Å²) in [6, 6.07) is 12.4. The van der Waals surface area contributed by atoms with E-state index < -0.39 is 0 Å². The minimum absolute atomic E-state index is 0.793. The Morgan fingerprint density at radius 2 is 1.96 bits per heavy atom. The molecule has 0 amide bonds. The molecule has 0 saturated heterocycles. The Morgan fingerprint density at radius 1 is 1.12 bits per heavy atom. The number of thiophene rings is 1. The van der Waals surface area contributed by atoms with Gasteiger partial charge in [0.05, 0.1) is 24.9 Å². The van der Waals surface area contributed by atoms with Gasteiger partial charge in [-0.25, -0.2) is 4.98 Å². The minimum atomic E-state index is 0.793. The van der Waals surface area contributed by atoms with Crippen molar-refractivity contribution in [1.29, 1.82) is 0 Å². The summed E-state index contributed by atoms with van der Waals surface area (Å²) in [5.41, 5.74) is 5.72. The van der Waals surface area contributed by atoms with Gasteiger partial charge in [0.2, 0.25) is 0 Å². The molecule has 4 rings (SSSR count). The quantitative estimate of drug-likeness (QED) is 0.433. The van der Waals surface area contributed by atoms with Crippen molar-refractivity contribution >= 4 is 34.1 Å². The van der Waals surface area contributed by atoms with Gasteiger partial charge in [-0.15, -0.1) is 11.3 Å². The monoisotopic (exact) mass is 381 g/mol. The molecule has 3 heterocycles. The van der Waals surface area contributed by atoms with Crippen LogP contribution in [0.25, 0.3) is 11.0 Å². The molecule has 132 valence electrons. The third-order valence-electron chi connectivity index (χ3n) is 4.18. The maximum Gasteiger partial charge on any atom is 0.169 e. The van der Waals surface area contributed by atoms with Gasteiger partial charge in [0.15, 0.2) is 5.16 Å². The van der Waals surface area contributed by atoms with Crippen molar-refractivity contribution in [3.63, 3.8) is 0 Å². The predicted octanol–water partition coefficient (Wildman–Crippen LogP) is 5.15. The Bertz CT molecular complexity index is 1000. The van der Waals surface area contributed by atoms with Crippen LogP contribution in [0.3, 0.4) is 0 Å². The van der Waals surface area contributed by atoms with Crippen molar-refractivity contribution < 1.29 is 4.74 Å². The molecule has 6 heteroatoms. The first kappa shape index (κ1) is 17.1. The van der Waals surface area contributed by atoms with Crippen LogP contribution in [0.2, 0.25) is 0 Å². The zero-order chi connectivity index (χ0) is 17.9. The van der Waals surface area contributed by atoms with Gasteiger partial charge < -0.3 is 9.30 Å². The maximum absolute atomic E-state index is 5.25. The number of nitrogens with zero attached hydrogens (tertiary/aromatic N) is 3. The average molecular weight is 382 g/mol. The molecular weight excluding hydrogens is 362 g/mol. The molecule has 1 aromatic carbocycles. The Labute approximate surface area is 160 Å². The van der Waals surface area contributed by atoms with Gasteiger partial charge in [-0.1, -0.05) is 30.0 Å². The number of pyridine rings is 1. The molecule has 0 atom stereocenters. The van der Waals surface area contributed by atoms with Crippen molar-refractivity contribution in [3.05, 3.63) is 70.2 Å². The van der Waals surface area contributed by atoms with E-state index in [-0.39, 0.29) is 0 Å². The van der Waals surface area contributed by atoms with Gasteiger partial charge in [0.1, 0.15) is 11.3 Å². The van der Waals surface area contributed by atoms with E-state index in [1.54, 1.807) is 30.2 Å². The number of rotatable bonds is 6. The molecule has 0 aliphatic carbocycles. The van der Waals surface area contributed by atoms with Crippen molar-refractivity contribution in [2.45, 2.75) is 24.4 Å². The zero-order valence-electron chi connectivity index (χ0n) is 14.7. The fraction of sp³-hybridized carbons (Fsp3) is 0.200. The van der Waals surface area contributed by atoms with Gasteiger partial charge in [-0.3, -0.25) is 4.98 Å². The summed E-state index contributed by atoms with van der Waals surface area (Å²) in [5, 5.41) is 5.30. The Hall–Kier alpha value is -2.31. The third kappa shape index (κ3) is 3.61. The second kappa shape index (κ2) is 7.51. The van der Waals surface area contributed by atoms with E-state index >= 15 is 0 Å². The molecule has 26 heavy (non-hydrogen) atoms. The average Bonchev–Trinajstić information content (AvgIpc) is 3.24. The highest BCUT2D eigenvalue weighted by molar-refractivity contribution is 7.98. The van der Waals surface area contributed by atoms with Crippen LogP contribution in [-0.4, -0.2) is 21.6 Å². The smallest absolute Gasteiger partial charge is 0.169 e. The largest absolute Gasteiger partial charge is 0.497 e. The van der Waals surface area contributed by atoms with E-state index in [4.69, 9.17) is 9.72 Å². The van der Waals surface area contributed by atoms with Crippen LogP contribution >= 0.6 is 23.1 Å². The number of hydrogen-bond acceptors (Lipinski definition) is 5. The SMILES string of the molecule is COc1ccc(Cn2c(SCc3ccc(C)cn3)nc3cscc32)cc1. The van der Waals surface area contributed by atoms with Crippen LogP contribution < -0.4 is 4.74 Å². The number of fused-ring (bicyclic) bond motifs is 1. The minimum Gasteiger partial charge on any atom is -0.497 e. The highest BCUT2D eigenvalue weighted by Gasteiger charge is 2.13.